The molecule has 1 aromatic carbocycles. The van der Waals surface area contributed by atoms with E-state index in [9.17, 15) is 0 Å². The predicted molar refractivity (Wildman–Crippen MR) is 60.0 cm³/mol. The van der Waals surface area contributed by atoms with E-state index in [2.05, 4.69) is 37.8 Å². The van der Waals surface area contributed by atoms with E-state index in [0.29, 0.717) is 5.02 Å². The molecule has 0 fully saturated rings. The zero-order chi connectivity index (χ0) is 10.4. The second-order valence-corrected chi connectivity index (χ2v) is 3.58. The summed E-state index contributed by atoms with van der Waals surface area (Å²) in [5.41, 5.74) is 8.80. The molecular weight excluding hydrogens is 265 g/mol. The van der Waals surface area contributed by atoms with Crippen LogP contribution < -0.4 is 0 Å². The van der Waals surface area contributed by atoms with Gasteiger partial charge in [-0.05, 0) is 39.7 Å². The van der Waals surface area contributed by atoms with Crippen LogP contribution in [-0.4, -0.2) is 6.54 Å². The first kappa shape index (κ1) is 10.9. The Morgan fingerprint density at radius 3 is 3.00 bits per heavy atom. The first-order chi connectivity index (χ1) is 6.74. The van der Waals surface area contributed by atoms with Crippen molar-refractivity contribution in [3.05, 3.63) is 43.7 Å². The number of nitrogens with zero attached hydrogens (tertiary/aromatic N) is 3. The predicted octanol–water partition coefficient (Wildman–Crippen LogP) is 3.76. The van der Waals surface area contributed by atoms with Crippen LogP contribution >= 0.6 is 27.5 Å². The molecule has 0 heterocycles. The van der Waals surface area contributed by atoms with Crippen LogP contribution in [-0.2, 0) is 0 Å². The van der Waals surface area contributed by atoms with Crippen molar-refractivity contribution in [2.24, 2.45) is 5.11 Å². The Morgan fingerprint density at radius 1 is 1.57 bits per heavy atom. The summed E-state index contributed by atoms with van der Waals surface area (Å²) >= 11 is 9.13. The third-order valence-corrected chi connectivity index (χ3v) is 2.60. The van der Waals surface area contributed by atoms with E-state index in [-0.39, 0.29) is 6.54 Å². The smallest absolute Gasteiger partial charge is 0.0880 e. The summed E-state index contributed by atoms with van der Waals surface area (Å²) in [7, 11) is 0. The van der Waals surface area contributed by atoms with Crippen LogP contribution in [0.2, 0.25) is 5.02 Å². The highest BCUT2D eigenvalue weighted by atomic mass is 79.9. The number of hydrogen-bond donors (Lipinski definition) is 0. The molecular formula is C9H5BrClN3. The topological polar surface area (TPSA) is 48.8 Å². The maximum absolute atomic E-state index is 8.01. The molecule has 3 nitrogen and oxygen atoms in total. The van der Waals surface area contributed by atoms with Crippen molar-refractivity contribution in [2.45, 2.75) is 0 Å². The third-order valence-electron chi connectivity index (χ3n) is 1.37. The van der Waals surface area contributed by atoms with E-state index in [1.54, 1.807) is 6.07 Å². The fraction of sp³-hybridized carbons (Fsp3) is 0.111. The summed E-state index contributed by atoms with van der Waals surface area (Å²) in [5.74, 6) is 5.53. The van der Waals surface area contributed by atoms with Gasteiger partial charge in [-0.15, -0.1) is 0 Å². The maximum atomic E-state index is 8.01. The fourth-order valence-electron chi connectivity index (χ4n) is 0.782. The minimum Gasteiger partial charge on any atom is -0.0919 e. The van der Waals surface area contributed by atoms with Gasteiger partial charge in [0.25, 0.3) is 0 Å². The van der Waals surface area contributed by atoms with Crippen LogP contribution in [0.4, 0.5) is 0 Å². The zero-order valence-corrected chi connectivity index (χ0v) is 9.38. The van der Waals surface area contributed by atoms with Crippen molar-refractivity contribution in [3.8, 4) is 11.8 Å². The third kappa shape index (κ3) is 3.31. The van der Waals surface area contributed by atoms with Gasteiger partial charge in [0.2, 0.25) is 0 Å². The Kier molecular flexibility index (Phi) is 4.34. The van der Waals surface area contributed by atoms with Gasteiger partial charge >= 0.3 is 0 Å². The molecule has 0 atom stereocenters. The minimum absolute atomic E-state index is 0.171. The van der Waals surface area contributed by atoms with Gasteiger partial charge < -0.3 is 0 Å². The Bertz CT molecular complexity index is 441. The van der Waals surface area contributed by atoms with E-state index >= 15 is 0 Å². The summed E-state index contributed by atoms with van der Waals surface area (Å²) in [6.45, 7) is 0.171. The first-order valence-corrected chi connectivity index (χ1v) is 4.86. The second kappa shape index (κ2) is 5.56. The van der Waals surface area contributed by atoms with Gasteiger partial charge in [-0.25, -0.2) is 0 Å². The molecule has 0 aliphatic heterocycles. The van der Waals surface area contributed by atoms with Crippen molar-refractivity contribution in [2.75, 3.05) is 6.54 Å². The SMILES string of the molecule is [N-]=[N+]=NCC#Cc1ccc(Br)c(Cl)c1. The van der Waals surface area contributed by atoms with Gasteiger partial charge in [-0.3, -0.25) is 0 Å². The molecule has 0 amide bonds. The number of benzene rings is 1. The Balaban J connectivity index is 2.80. The molecule has 0 spiro atoms. The molecule has 0 saturated carbocycles. The van der Waals surface area contributed by atoms with Crippen LogP contribution in [0, 0.1) is 11.8 Å². The summed E-state index contributed by atoms with van der Waals surface area (Å²) in [5, 5.41) is 3.90. The largest absolute Gasteiger partial charge is 0.0919 e. The highest BCUT2D eigenvalue weighted by Crippen LogP contribution is 2.22. The van der Waals surface area contributed by atoms with Gasteiger partial charge in [0.15, 0.2) is 0 Å². The Hall–Kier alpha value is -1.14. The maximum Gasteiger partial charge on any atom is 0.0880 e. The van der Waals surface area contributed by atoms with Gasteiger partial charge in [0, 0.05) is 14.9 Å². The van der Waals surface area contributed by atoms with E-state index in [4.69, 9.17) is 17.1 Å². The summed E-state index contributed by atoms with van der Waals surface area (Å²) < 4.78 is 0.833. The molecule has 14 heavy (non-hydrogen) atoms. The molecule has 0 unspecified atom stereocenters. The van der Waals surface area contributed by atoms with Crippen LogP contribution in [0.1, 0.15) is 5.56 Å². The molecule has 0 bridgehead atoms. The molecule has 0 saturated heterocycles. The lowest BCUT2D eigenvalue weighted by atomic mass is 10.2. The van der Waals surface area contributed by atoms with Gasteiger partial charge in [0.1, 0.15) is 0 Å². The van der Waals surface area contributed by atoms with Crippen molar-refractivity contribution in [1.82, 2.24) is 0 Å². The minimum atomic E-state index is 0.171. The number of rotatable bonds is 1. The van der Waals surface area contributed by atoms with Crippen molar-refractivity contribution >= 4 is 27.5 Å². The zero-order valence-electron chi connectivity index (χ0n) is 7.04. The second-order valence-electron chi connectivity index (χ2n) is 2.32. The molecule has 1 rings (SSSR count). The normalized spacial score (nSPS) is 8.43. The van der Waals surface area contributed by atoms with Gasteiger partial charge in [-0.2, -0.15) is 0 Å². The quantitative estimate of drug-likeness (QED) is 0.323. The fourth-order valence-corrected chi connectivity index (χ4v) is 1.21. The average Bonchev–Trinajstić information content (AvgIpc) is 2.18. The monoisotopic (exact) mass is 269 g/mol. The molecule has 0 radical (unpaired) electrons. The molecule has 0 aliphatic carbocycles. The van der Waals surface area contributed by atoms with E-state index in [0.717, 1.165) is 10.0 Å². The Morgan fingerprint density at radius 2 is 2.36 bits per heavy atom. The Labute approximate surface area is 94.8 Å². The van der Waals surface area contributed by atoms with E-state index in [1.165, 1.54) is 0 Å². The number of hydrogen-bond acceptors (Lipinski definition) is 1. The van der Waals surface area contributed by atoms with E-state index < -0.39 is 0 Å². The standard InChI is InChI=1S/C9H5BrClN3/c10-8-4-3-7(6-9(8)11)2-1-5-13-14-12/h3-4,6H,5H2. The highest BCUT2D eigenvalue weighted by Gasteiger charge is 1.95. The summed E-state index contributed by atoms with van der Waals surface area (Å²) in [6, 6.07) is 5.40. The van der Waals surface area contributed by atoms with Crippen LogP contribution in [0.25, 0.3) is 10.4 Å². The van der Waals surface area contributed by atoms with Crippen molar-refractivity contribution in [3.63, 3.8) is 0 Å². The summed E-state index contributed by atoms with van der Waals surface area (Å²) in [4.78, 5) is 2.59. The van der Waals surface area contributed by atoms with Crippen molar-refractivity contribution < 1.29 is 0 Å². The lowest BCUT2D eigenvalue weighted by Crippen LogP contribution is -1.76. The lowest BCUT2D eigenvalue weighted by Gasteiger charge is -1.94. The lowest BCUT2D eigenvalue weighted by molar-refractivity contribution is 1.25. The highest BCUT2D eigenvalue weighted by molar-refractivity contribution is 9.10. The van der Waals surface area contributed by atoms with Crippen molar-refractivity contribution in [1.29, 1.82) is 0 Å². The molecule has 70 valence electrons. The molecule has 0 aromatic heterocycles. The molecule has 0 aliphatic rings. The first-order valence-electron chi connectivity index (χ1n) is 3.69. The summed E-state index contributed by atoms with van der Waals surface area (Å²) in [6.07, 6.45) is 0. The number of halogens is 2. The molecule has 1 aromatic rings. The van der Waals surface area contributed by atoms with Gasteiger partial charge in [0.05, 0.1) is 11.6 Å². The number of azide groups is 1. The van der Waals surface area contributed by atoms with Crippen LogP contribution in [0.5, 0.6) is 0 Å². The van der Waals surface area contributed by atoms with Gasteiger partial charge in [-0.1, -0.05) is 28.6 Å². The average molecular weight is 271 g/mol. The molecule has 5 heteroatoms. The van der Waals surface area contributed by atoms with E-state index in [1.807, 2.05) is 12.1 Å². The van der Waals surface area contributed by atoms with Crippen LogP contribution in [0.3, 0.4) is 0 Å². The molecule has 0 N–H and O–H groups in total. The van der Waals surface area contributed by atoms with Crippen LogP contribution in [0.15, 0.2) is 27.8 Å².